The number of benzene rings is 1. The fraction of sp³-hybridized carbons (Fsp3) is 0.562. The third-order valence-electron chi connectivity index (χ3n) is 4.11. The molecule has 1 aliphatic rings. The number of nitrogens with two attached hydrogens (primary N) is 1. The summed E-state index contributed by atoms with van der Waals surface area (Å²) in [5.41, 5.74) is 7.14. The van der Waals surface area contributed by atoms with Gasteiger partial charge < -0.3 is 11.1 Å². The molecule has 1 aromatic rings. The number of nitrogens with one attached hydrogen (secondary N) is 1. The SMILES string of the molecule is CC(NC(=O)CC1(N)CCCCC1)c1ccc(Br)cc1. The van der Waals surface area contributed by atoms with Gasteiger partial charge in [-0.2, -0.15) is 0 Å². The summed E-state index contributed by atoms with van der Waals surface area (Å²) in [7, 11) is 0. The summed E-state index contributed by atoms with van der Waals surface area (Å²) in [4.78, 5) is 12.2. The number of hydrogen-bond donors (Lipinski definition) is 2. The summed E-state index contributed by atoms with van der Waals surface area (Å²) >= 11 is 3.41. The summed E-state index contributed by atoms with van der Waals surface area (Å²) in [6, 6.07) is 8.04. The maximum atomic E-state index is 12.2. The van der Waals surface area contributed by atoms with Crippen LogP contribution in [0, 0.1) is 0 Å². The number of rotatable bonds is 4. The molecular formula is C16H23BrN2O. The first-order chi connectivity index (χ1) is 9.48. The van der Waals surface area contributed by atoms with Gasteiger partial charge in [-0.15, -0.1) is 0 Å². The van der Waals surface area contributed by atoms with Crippen LogP contribution in [0.4, 0.5) is 0 Å². The van der Waals surface area contributed by atoms with Gasteiger partial charge in [0.2, 0.25) is 5.91 Å². The monoisotopic (exact) mass is 338 g/mol. The van der Waals surface area contributed by atoms with Gasteiger partial charge in [0.05, 0.1) is 6.04 Å². The van der Waals surface area contributed by atoms with Gasteiger partial charge in [0.15, 0.2) is 0 Å². The standard InChI is InChI=1S/C16H23BrN2O/c1-12(13-5-7-14(17)8-6-13)19-15(20)11-16(18)9-3-2-4-10-16/h5-8,12H,2-4,9-11,18H2,1H3,(H,19,20). The largest absolute Gasteiger partial charge is 0.350 e. The van der Waals surface area contributed by atoms with E-state index in [9.17, 15) is 4.79 Å². The van der Waals surface area contributed by atoms with E-state index in [1.165, 1.54) is 6.42 Å². The zero-order valence-corrected chi connectivity index (χ0v) is 13.6. The van der Waals surface area contributed by atoms with E-state index in [4.69, 9.17) is 5.73 Å². The number of amides is 1. The van der Waals surface area contributed by atoms with Crippen molar-refractivity contribution < 1.29 is 4.79 Å². The van der Waals surface area contributed by atoms with Gasteiger partial charge in [0.1, 0.15) is 0 Å². The van der Waals surface area contributed by atoms with Crippen LogP contribution < -0.4 is 11.1 Å². The Balaban J connectivity index is 1.89. The molecule has 1 aliphatic carbocycles. The lowest BCUT2D eigenvalue weighted by atomic mass is 9.80. The number of hydrogen-bond acceptors (Lipinski definition) is 2. The van der Waals surface area contributed by atoms with Crippen LogP contribution in [-0.2, 0) is 4.79 Å². The third kappa shape index (κ3) is 4.32. The zero-order chi connectivity index (χ0) is 14.6. The highest BCUT2D eigenvalue weighted by Gasteiger charge is 2.30. The van der Waals surface area contributed by atoms with E-state index < -0.39 is 0 Å². The third-order valence-corrected chi connectivity index (χ3v) is 4.64. The molecule has 1 amide bonds. The molecule has 0 heterocycles. The highest BCUT2D eigenvalue weighted by molar-refractivity contribution is 9.10. The second-order valence-corrected chi connectivity index (χ2v) is 6.86. The van der Waals surface area contributed by atoms with Gasteiger partial charge in [0, 0.05) is 16.4 Å². The van der Waals surface area contributed by atoms with Gasteiger partial charge >= 0.3 is 0 Å². The average Bonchev–Trinajstić information content (AvgIpc) is 2.39. The molecular weight excluding hydrogens is 316 g/mol. The average molecular weight is 339 g/mol. The van der Waals surface area contributed by atoms with Crippen molar-refractivity contribution >= 4 is 21.8 Å². The lowest BCUT2D eigenvalue weighted by Crippen LogP contribution is -2.46. The molecule has 0 radical (unpaired) electrons. The Labute approximate surface area is 129 Å². The van der Waals surface area contributed by atoms with E-state index in [0.717, 1.165) is 35.7 Å². The number of carbonyl (C=O) groups is 1. The smallest absolute Gasteiger partial charge is 0.222 e. The summed E-state index contributed by atoms with van der Waals surface area (Å²) < 4.78 is 1.04. The summed E-state index contributed by atoms with van der Waals surface area (Å²) in [5.74, 6) is 0.0600. The Morgan fingerprint density at radius 3 is 2.50 bits per heavy atom. The molecule has 1 unspecified atom stereocenters. The van der Waals surface area contributed by atoms with Crippen molar-refractivity contribution in [2.75, 3.05) is 0 Å². The highest BCUT2D eigenvalue weighted by Crippen LogP contribution is 2.28. The van der Waals surface area contributed by atoms with Gasteiger partial charge in [-0.25, -0.2) is 0 Å². The summed E-state index contributed by atoms with van der Waals surface area (Å²) in [5, 5.41) is 3.05. The Hall–Kier alpha value is -0.870. The summed E-state index contributed by atoms with van der Waals surface area (Å²) in [6.45, 7) is 2.01. The van der Waals surface area contributed by atoms with Crippen LogP contribution in [0.1, 0.15) is 57.1 Å². The second kappa shape index (κ2) is 6.72. The van der Waals surface area contributed by atoms with E-state index in [0.29, 0.717) is 6.42 Å². The first kappa shape index (κ1) is 15.5. The van der Waals surface area contributed by atoms with Crippen LogP contribution in [-0.4, -0.2) is 11.4 Å². The molecule has 20 heavy (non-hydrogen) atoms. The minimum absolute atomic E-state index is 0.0165. The number of carbonyl (C=O) groups excluding carboxylic acids is 1. The van der Waals surface area contributed by atoms with E-state index in [2.05, 4.69) is 21.2 Å². The van der Waals surface area contributed by atoms with Crippen molar-refractivity contribution in [2.24, 2.45) is 5.73 Å². The van der Waals surface area contributed by atoms with Crippen LogP contribution in [0.25, 0.3) is 0 Å². The van der Waals surface area contributed by atoms with Crippen molar-refractivity contribution in [1.82, 2.24) is 5.32 Å². The molecule has 1 atom stereocenters. The molecule has 1 saturated carbocycles. The van der Waals surface area contributed by atoms with E-state index in [1.807, 2.05) is 31.2 Å². The van der Waals surface area contributed by atoms with Crippen molar-refractivity contribution in [3.63, 3.8) is 0 Å². The van der Waals surface area contributed by atoms with E-state index in [-0.39, 0.29) is 17.5 Å². The van der Waals surface area contributed by atoms with Crippen LogP contribution in [0.2, 0.25) is 0 Å². The maximum Gasteiger partial charge on any atom is 0.222 e. The molecule has 0 aliphatic heterocycles. The lowest BCUT2D eigenvalue weighted by Gasteiger charge is -2.33. The van der Waals surface area contributed by atoms with Crippen LogP contribution >= 0.6 is 15.9 Å². The Morgan fingerprint density at radius 2 is 1.90 bits per heavy atom. The number of halogens is 1. The molecule has 1 fully saturated rings. The Bertz CT molecular complexity index is 452. The van der Waals surface area contributed by atoms with Crippen molar-refractivity contribution in [3.05, 3.63) is 34.3 Å². The first-order valence-corrected chi connectivity index (χ1v) is 8.12. The predicted octanol–water partition coefficient (Wildman–Crippen LogP) is 3.68. The maximum absolute atomic E-state index is 12.2. The van der Waals surface area contributed by atoms with Crippen molar-refractivity contribution in [3.8, 4) is 0 Å². The quantitative estimate of drug-likeness (QED) is 0.879. The van der Waals surface area contributed by atoms with Gasteiger partial charge in [-0.3, -0.25) is 4.79 Å². The minimum atomic E-state index is -0.290. The van der Waals surface area contributed by atoms with Crippen molar-refractivity contribution in [1.29, 1.82) is 0 Å². The minimum Gasteiger partial charge on any atom is -0.350 e. The van der Waals surface area contributed by atoms with Crippen LogP contribution in [0.15, 0.2) is 28.7 Å². The molecule has 0 aromatic heterocycles. The van der Waals surface area contributed by atoms with Crippen LogP contribution in [0.5, 0.6) is 0 Å². The van der Waals surface area contributed by atoms with E-state index in [1.54, 1.807) is 0 Å². The van der Waals surface area contributed by atoms with Gasteiger partial charge in [-0.05, 0) is 37.5 Å². The van der Waals surface area contributed by atoms with Crippen LogP contribution in [0.3, 0.4) is 0 Å². The Kier molecular flexibility index (Phi) is 5.22. The topological polar surface area (TPSA) is 55.1 Å². The Morgan fingerprint density at radius 1 is 1.30 bits per heavy atom. The van der Waals surface area contributed by atoms with E-state index >= 15 is 0 Å². The molecule has 3 N–H and O–H groups in total. The second-order valence-electron chi connectivity index (χ2n) is 5.94. The van der Waals surface area contributed by atoms with Gasteiger partial charge in [0.25, 0.3) is 0 Å². The van der Waals surface area contributed by atoms with Gasteiger partial charge in [-0.1, -0.05) is 47.3 Å². The summed E-state index contributed by atoms with van der Waals surface area (Å²) in [6.07, 6.45) is 5.90. The molecule has 0 spiro atoms. The molecule has 2 rings (SSSR count). The predicted molar refractivity (Wildman–Crippen MR) is 85.3 cm³/mol. The molecule has 0 bridgehead atoms. The molecule has 110 valence electrons. The fourth-order valence-electron chi connectivity index (χ4n) is 2.88. The normalized spacial score (nSPS) is 19.4. The molecule has 3 nitrogen and oxygen atoms in total. The first-order valence-electron chi connectivity index (χ1n) is 7.32. The molecule has 1 aromatic carbocycles. The molecule has 4 heteroatoms. The fourth-order valence-corrected chi connectivity index (χ4v) is 3.14. The van der Waals surface area contributed by atoms with Crippen molar-refractivity contribution in [2.45, 2.75) is 57.0 Å². The lowest BCUT2D eigenvalue weighted by molar-refractivity contribution is -0.123. The highest BCUT2D eigenvalue weighted by atomic mass is 79.9. The molecule has 0 saturated heterocycles. The zero-order valence-electron chi connectivity index (χ0n) is 12.0.